The van der Waals surface area contributed by atoms with Gasteiger partial charge in [0.2, 0.25) is 0 Å². The number of sulfonamides is 1. The Morgan fingerprint density at radius 1 is 1.07 bits per heavy atom. The van der Waals surface area contributed by atoms with E-state index in [1.165, 1.54) is 26.4 Å². The van der Waals surface area contributed by atoms with Gasteiger partial charge in [-0.1, -0.05) is 28.1 Å². The zero-order valence-corrected chi connectivity index (χ0v) is 19.0. The smallest absolute Gasteiger partial charge is 0.265 e. The molecule has 1 heterocycles. The van der Waals surface area contributed by atoms with E-state index in [9.17, 15) is 8.42 Å². The third-order valence-electron chi connectivity index (χ3n) is 4.52. The molecule has 1 aromatic heterocycles. The van der Waals surface area contributed by atoms with E-state index in [2.05, 4.69) is 25.8 Å². The maximum atomic E-state index is 13.0. The highest BCUT2D eigenvalue weighted by Crippen LogP contribution is 2.31. The minimum Gasteiger partial charge on any atom is -0.497 e. The van der Waals surface area contributed by atoms with Crippen molar-refractivity contribution in [2.24, 2.45) is 0 Å². The third-order valence-corrected chi connectivity index (χ3v) is 6.44. The average molecular weight is 480 g/mol. The van der Waals surface area contributed by atoms with E-state index in [4.69, 9.17) is 9.47 Å². The summed E-state index contributed by atoms with van der Waals surface area (Å²) in [5.74, 6) is 0.713. The number of hydrogen-bond acceptors (Lipinski definition) is 5. The van der Waals surface area contributed by atoms with Gasteiger partial charge in [0.05, 0.1) is 37.8 Å². The molecule has 0 spiro atoms. The summed E-state index contributed by atoms with van der Waals surface area (Å²) in [5.41, 5.74) is 2.84. The Labute approximate surface area is 178 Å². The first-order valence-electron chi connectivity index (χ1n) is 8.78. The second-order valence-electron chi connectivity index (χ2n) is 6.45. The van der Waals surface area contributed by atoms with E-state index >= 15 is 0 Å². The number of benzene rings is 2. The molecule has 0 aliphatic rings. The zero-order chi connectivity index (χ0) is 21.2. The second-order valence-corrected chi connectivity index (χ2v) is 9.02. The summed E-state index contributed by atoms with van der Waals surface area (Å²) in [6, 6.07) is 12.5. The van der Waals surface area contributed by atoms with Crippen LogP contribution in [0.1, 0.15) is 17.0 Å². The Morgan fingerprint density at radius 2 is 1.76 bits per heavy atom. The fourth-order valence-electron chi connectivity index (χ4n) is 2.95. The summed E-state index contributed by atoms with van der Waals surface area (Å²) in [6.07, 6.45) is 0. The van der Waals surface area contributed by atoms with Crippen LogP contribution >= 0.6 is 15.9 Å². The molecule has 0 bridgehead atoms. The number of methoxy groups -OCH3 is 2. The molecule has 0 atom stereocenters. The van der Waals surface area contributed by atoms with Gasteiger partial charge in [-0.3, -0.25) is 9.40 Å². The van der Waals surface area contributed by atoms with Crippen molar-refractivity contribution in [2.45, 2.75) is 25.3 Å². The molecule has 7 nitrogen and oxygen atoms in total. The summed E-state index contributed by atoms with van der Waals surface area (Å²) in [6.45, 7) is 4.14. The summed E-state index contributed by atoms with van der Waals surface area (Å²) in [7, 11) is -0.956. The molecule has 2 aromatic carbocycles. The molecule has 29 heavy (non-hydrogen) atoms. The standard InChI is InChI=1S/C20H22BrN3O4S/c1-13-20(14(2)24(22-13)12-15-5-7-16(21)8-6-15)23-29(25,26)19-10-9-17(27-3)11-18(19)28-4/h5-11,23H,12H2,1-4H3. The molecule has 0 amide bonds. The monoisotopic (exact) mass is 479 g/mol. The lowest BCUT2D eigenvalue weighted by molar-refractivity contribution is 0.386. The minimum absolute atomic E-state index is 0.0280. The lowest BCUT2D eigenvalue weighted by Gasteiger charge is -2.13. The molecule has 9 heteroatoms. The van der Waals surface area contributed by atoms with Crippen molar-refractivity contribution in [1.29, 1.82) is 0 Å². The van der Waals surface area contributed by atoms with E-state index in [-0.39, 0.29) is 10.6 Å². The largest absolute Gasteiger partial charge is 0.497 e. The summed E-state index contributed by atoms with van der Waals surface area (Å²) >= 11 is 3.42. The van der Waals surface area contributed by atoms with Gasteiger partial charge in [0.25, 0.3) is 10.0 Å². The molecule has 3 aromatic rings. The van der Waals surface area contributed by atoms with Crippen LogP contribution in [0.3, 0.4) is 0 Å². The number of rotatable bonds is 7. The van der Waals surface area contributed by atoms with Crippen LogP contribution in [0.2, 0.25) is 0 Å². The number of halogens is 1. The van der Waals surface area contributed by atoms with Gasteiger partial charge in [-0.25, -0.2) is 8.42 Å². The molecule has 3 rings (SSSR count). The van der Waals surface area contributed by atoms with Gasteiger partial charge in [0, 0.05) is 10.5 Å². The molecule has 0 radical (unpaired) electrons. The fourth-order valence-corrected chi connectivity index (χ4v) is 4.54. The predicted molar refractivity (Wildman–Crippen MR) is 115 cm³/mol. The van der Waals surface area contributed by atoms with E-state index in [0.29, 0.717) is 23.7 Å². The molecule has 0 aliphatic heterocycles. The third kappa shape index (κ3) is 4.56. The van der Waals surface area contributed by atoms with E-state index in [1.807, 2.05) is 31.2 Å². The quantitative estimate of drug-likeness (QED) is 0.550. The Balaban J connectivity index is 1.92. The van der Waals surface area contributed by atoms with Crippen molar-refractivity contribution < 1.29 is 17.9 Å². The van der Waals surface area contributed by atoms with Crippen molar-refractivity contribution in [3.05, 3.63) is 63.9 Å². The second kappa shape index (κ2) is 8.46. The Morgan fingerprint density at radius 3 is 2.38 bits per heavy atom. The van der Waals surface area contributed by atoms with Crippen LogP contribution in [0.5, 0.6) is 11.5 Å². The first kappa shape index (κ1) is 21.2. The lowest BCUT2D eigenvalue weighted by atomic mass is 10.2. The maximum absolute atomic E-state index is 13.0. The Kier molecular flexibility index (Phi) is 6.18. The first-order valence-corrected chi connectivity index (χ1v) is 11.1. The van der Waals surface area contributed by atoms with E-state index in [1.54, 1.807) is 17.7 Å². The van der Waals surface area contributed by atoms with Gasteiger partial charge >= 0.3 is 0 Å². The van der Waals surface area contributed by atoms with Gasteiger partial charge in [-0.2, -0.15) is 5.10 Å². The van der Waals surface area contributed by atoms with Gasteiger partial charge in [-0.05, 0) is 43.7 Å². The van der Waals surface area contributed by atoms with Gasteiger partial charge < -0.3 is 9.47 Å². The van der Waals surface area contributed by atoms with Gasteiger partial charge in [-0.15, -0.1) is 0 Å². The fraction of sp³-hybridized carbons (Fsp3) is 0.250. The van der Waals surface area contributed by atoms with Crippen LogP contribution in [0, 0.1) is 13.8 Å². The van der Waals surface area contributed by atoms with E-state index in [0.717, 1.165) is 15.7 Å². The number of nitrogens with one attached hydrogen (secondary N) is 1. The van der Waals surface area contributed by atoms with Crippen LogP contribution in [0.25, 0.3) is 0 Å². The van der Waals surface area contributed by atoms with Crippen molar-refractivity contribution in [3.8, 4) is 11.5 Å². The normalized spacial score (nSPS) is 11.3. The number of nitrogens with zero attached hydrogens (tertiary/aromatic N) is 2. The average Bonchev–Trinajstić information content (AvgIpc) is 2.96. The molecule has 154 valence electrons. The number of ether oxygens (including phenoxy) is 2. The Hall–Kier alpha value is -2.52. The molecule has 1 N–H and O–H groups in total. The van der Waals surface area contributed by atoms with Crippen LogP contribution in [-0.2, 0) is 16.6 Å². The van der Waals surface area contributed by atoms with Crippen LogP contribution < -0.4 is 14.2 Å². The van der Waals surface area contributed by atoms with Gasteiger partial charge in [0.1, 0.15) is 16.4 Å². The highest BCUT2D eigenvalue weighted by atomic mass is 79.9. The number of hydrogen-bond donors (Lipinski definition) is 1. The van der Waals surface area contributed by atoms with Crippen molar-refractivity contribution in [3.63, 3.8) is 0 Å². The zero-order valence-electron chi connectivity index (χ0n) is 16.6. The number of aryl methyl sites for hydroxylation is 1. The van der Waals surface area contributed by atoms with Crippen molar-refractivity contribution in [2.75, 3.05) is 18.9 Å². The summed E-state index contributed by atoms with van der Waals surface area (Å²) in [5, 5.41) is 4.50. The molecular formula is C20H22BrN3O4S. The first-order chi connectivity index (χ1) is 13.7. The van der Waals surface area contributed by atoms with Crippen LogP contribution in [0.15, 0.2) is 51.8 Å². The molecule has 0 saturated heterocycles. The molecule has 0 fully saturated rings. The predicted octanol–water partition coefficient (Wildman–Crippen LogP) is 4.13. The van der Waals surface area contributed by atoms with Crippen molar-refractivity contribution >= 4 is 31.6 Å². The molecule has 0 aliphatic carbocycles. The minimum atomic E-state index is -3.88. The van der Waals surface area contributed by atoms with Crippen LogP contribution in [0.4, 0.5) is 5.69 Å². The summed E-state index contributed by atoms with van der Waals surface area (Å²) < 4.78 is 41.8. The van der Waals surface area contributed by atoms with E-state index < -0.39 is 10.0 Å². The van der Waals surface area contributed by atoms with Crippen molar-refractivity contribution in [1.82, 2.24) is 9.78 Å². The molecule has 0 unspecified atom stereocenters. The lowest BCUT2D eigenvalue weighted by Crippen LogP contribution is -2.15. The number of aromatic nitrogens is 2. The topological polar surface area (TPSA) is 82.5 Å². The highest BCUT2D eigenvalue weighted by Gasteiger charge is 2.24. The number of anilines is 1. The molecular weight excluding hydrogens is 458 g/mol. The highest BCUT2D eigenvalue weighted by molar-refractivity contribution is 9.10. The SMILES string of the molecule is COc1ccc(S(=O)(=O)Nc2c(C)nn(Cc3ccc(Br)cc3)c2C)c(OC)c1. The summed E-state index contributed by atoms with van der Waals surface area (Å²) in [4.78, 5) is 0.0280. The maximum Gasteiger partial charge on any atom is 0.265 e. The van der Waals surface area contributed by atoms with Crippen LogP contribution in [-0.4, -0.2) is 32.4 Å². The molecule has 0 saturated carbocycles. The Bertz CT molecular complexity index is 1130. The van der Waals surface area contributed by atoms with Gasteiger partial charge in [0.15, 0.2) is 0 Å².